The van der Waals surface area contributed by atoms with Crippen molar-refractivity contribution in [3.05, 3.63) is 46.7 Å². The van der Waals surface area contributed by atoms with Crippen LogP contribution in [0.1, 0.15) is 4.88 Å². The van der Waals surface area contributed by atoms with E-state index in [1.54, 1.807) is 11.3 Å². The molecule has 1 amide bonds. The first-order valence-corrected chi connectivity index (χ1v) is 7.33. The lowest BCUT2D eigenvalue weighted by Crippen LogP contribution is -2.23. The third-order valence-electron chi connectivity index (χ3n) is 2.73. The van der Waals surface area contributed by atoms with Crippen LogP contribution in [0.2, 0.25) is 0 Å². The minimum absolute atomic E-state index is 0.0150. The maximum Gasteiger partial charge on any atom is 0.243 e. The average Bonchev–Trinajstić information content (AvgIpc) is 2.92. The van der Waals surface area contributed by atoms with E-state index in [2.05, 4.69) is 28.9 Å². The minimum Gasteiger partial charge on any atom is -0.370 e. The van der Waals surface area contributed by atoms with E-state index in [1.165, 1.54) is 16.0 Å². The number of nitrogens with one attached hydrogen (secondary N) is 1. The molecule has 0 fully saturated rings. The summed E-state index contributed by atoms with van der Waals surface area (Å²) in [5.74, 6) is -0.434. The third kappa shape index (κ3) is 4.77. The van der Waals surface area contributed by atoms with E-state index in [0.717, 1.165) is 6.54 Å². The fraction of sp³-hybridized carbons (Fsp3) is 0.267. The Morgan fingerprint density at radius 3 is 2.80 bits per heavy atom. The van der Waals surface area contributed by atoms with Crippen molar-refractivity contribution >= 4 is 17.2 Å². The van der Waals surface area contributed by atoms with E-state index in [-0.39, 0.29) is 6.61 Å². The SMILES string of the molecule is NC(=O)COCCNCc1cc(-c2ccccc2)cs1. The Labute approximate surface area is 122 Å². The molecule has 0 radical (unpaired) electrons. The molecule has 20 heavy (non-hydrogen) atoms. The van der Waals surface area contributed by atoms with Gasteiger partial charge in [0.1, 0.15) is 6.61 Å². The smallest absolute Gasteiger partial charge is 0.243 e. The second kappa shape index (κ2) is 7.79. The van der Waals surface area contributed by atoms with Crippen LogP contribution in [0.25, 0.3) is 11.1 Å². The zero-order valence-corrected chi connectivity index (χ0v) is 12.0. The van der Waals surface area contributed by atoms with Gasteiger partial charge >= 0.3 is 0 Å². The highest BCUT2D eigenvalue weighted by molar-refractivity contribution is 7.10. The third-order valence-corrected chi connectivity index (χ3v) is 3.66. The van der Waals surface area contributed by atoms with Gasteiger partial charge in [0.15, 0.2) is 0 Å². The second-order valence-electron chi connectivity index (χ2n) is 4.36. The molecule has 5 heteroatoms. The highest BCUT2D eigenvalue weighted by atomic mass is 32.1. The molecular formula is C15H18N2O2S. The number of hydrogen-bond acceptors (Lipinski definition) is 4. The molecule has 0 unspecified atom stereocenters. The summed E-state index contributed by atoms with van der Waals surface area (Å²) in [4.78, 5) is 11.7. The van der Waals surface area contributed by atoms with Gasteiger partial charge in [0, 0.05) is 18.0 Å². The molecule has 2 aromatic rings. The Bertz CT molecular complexity index is 540. The number of hydrogen-bond donors (Lipinski definition) is 2. The van der Waals surface area contributed by atoms with Crippen molar-refractivity contribution in [3.63, 3.8) is 0 Å². The number of nitrogens with two attached hydrogens (primary N) is 1. The molecule has 1 aromatic carbocycles. The lowest BCUT2D eigenvalue weighted by molar-refractivity contribution is -0.122. The van der Waals surface area contributed by atoms with Gasteiger partial charge in [0.25, 0.3) is 0 Å². The van der Waals surface area contributed by atoms with Crippen molar-refractivity contribution in [3.8, 4) is 11.1 Å². The van der Waals surface area contributed by atoms with Gasteiger partial charge in [-0.15, -0.1) is 11.3 Å². The standard InChI is InChI=1S/C15H18N2O2S/c16-15(18)10-19-7-6-17-9-14-8-13(11-20-14)12-4-2-1-3-5-12/h1-5,8,11,17H,6-7,9-10H2,(H2,16,18). The summed E-state index contributed by atoms with van der Waals surface area (Å²) in [5.41, 5.74) is 7.46. The number of rotatable bonds is 8. The average molecular weight is 290 g/mol. The summed E-state index contributed by atoms with van der Waals surface area (Å²) >= 11 is 1.74. The Balaban J connectivity index is 1.72. The van der Waals surface area contributed by atoms with Gasteiger partial charge in [-0.05, 0) is 22.6 Å². The molecule has 1 aromatic heterocycles. The van der Waals surface area contributed by atoms with E-state index in [1.807, 2.05) is 18.2 Å². The fourth-order valence-corrected chi connectivity index (χ4v) is 2.65. The molecule has 0 saturated carbocycles. The summed E-state index contributed by atoms with van der Waals surface area (Å²) in [6, 6.07) is 12.5. The number of ether oxygens (including phenoxy) is 1. The van der Waals surface area contributed by atoms with Crippen LogP contribution < -0.4 is 11.1 Å². The van der Waals surface area contributed by atoms with E-state index < -0.39 is 5.91 Å². The molecule has 4 nitrogen and oxygen atoms in total. The zero-order valence-electron chi connectivity index (χ0n) is 11.2. The van der Waals surface area contributed by atoms with Crippen molar-refractivity contribution in [2.24, 2.45) is 5.73 Å². The van der Waals surface area contributed by atoms with Crippen LogP contribution in [0.5, 0.6) is 0 Å². The highest BCUT2D eigenvalue weighted by Gasteiger charge is 2.02. The van der Waals surface area contributed by atoms with Crippen molar-refractivity contribution in [1.82, 2.24) is 5.32 Å². The van der Waals surface area contributed by atoms with Gasteiger partial charge in [-0.2, -0.15) is 0 Å². The molecule has 0 spiro atoms. The van der Waals surface area contributed by atoms with Crippen LogP contribution in [0.15, 0.2) is 41.8 Å². The lowest BCUT2D eigenvalue weighted by Gasteiger charge is -2.03. The number of primary amides is 1. The minimum atomic E-state index is -0.434. The van der Waals surface area contributed by atoms with Crippen molar-refractivity contribution < 1.29 is 9.53 Å². The number of carbonyl (C=O) groups is 1. The molecule has 0 aliphatic carbocycles. The van der Waals surface area contributed by atoms with Crippen LogP contribution in [-0.2, 0) is 16.1 Å². The molecule has 0 atom stereocenters. The Hall–Kier alpha value is -1.69. The number of amides is 1. The first-order valence-electron chi connectivity index (χ1n) is 6.45. The summed E-state index contributed by atoms with van der Waals surface area (Å²) in [6.07, 6.45) is 0. The molecular weight excluding hydrogens is 272 g/mol. The monoisotopic (exact) mass is 290 g/mol. The Morgan fingerprint density at radius 1 is 1.25 bits per heavy atom. The first-order chi connectivity index (χ1) is 9.75. The molecule has 0 aliphatic heterocycles. The van der Waals surface area contributed by atoms with E-state index in [4.69, 9.17) is 10.5 Å². The topological polar surface area (TPSA) is 64.4 Å². The van der Waals surface area contributed by atoms with E-state index >= 15 is 0 Å². The van der Waals surface area contributed by atoms with Crippen molar-refractivity contribution in [1.29, 1.82) is 0 Å². The van der Waals surface area contributed by atoms with Crippen LogP contribution in [-0.4, -0.2) is 25.7 Å². The number of benzene rings is 1. The van der Waals surface area contributed by atoms with Gasteiger partial charge in [-0.25, -0.2) is 0 Å². The summed E-state index contributed by atoms with van der Waals surface area (Å²) in [6.45, 7) is 1.97. The summed E-state index contributed by atoms with van der Waals surface area (Å²) in [5, 5.41) is 5.44. The van der Waals surface area contributed by atoms with Crippen LogP contribution >= 0.6 is 11.3 Å². The second-order valence-corrected chi connectivity index (χ2v) is 5.36. The van der Waals surface area contributed by atoms with E-state index in [9.17, 15) is 4.79 Å². The zero-order chi connectivity index (χ0) is 14.2. The van der Waals surface area contributed by atoms with Crippen molar-refractivity contribution in [2.75, 3.05) is 19.8 Å². The van der Waals surface area contributed by atoms with Gasteiger partial charge in [0.05, 0.1) is 6.61 Å². The lowest BCUT2D eigenvalue weighted by atomic mass is 10.1. The Morgan fingerprint density at radius 2 is 2.05 bits per heavy atom. The van der Waals surface area contributed by atoms with Gasteiger partial charge < -0.3 is 15.8 Å². The summed E-state index contributed by atoms with van der Waals surface area (Å²) in [7, 11) is 0. The van der Waals surface area contributed by atoms with E-state index in [0.29, 0.717) is 13.2 Å². The fourth-order valence-electron chi connectivity index (χ4n) is 1.78. The molecule has 0 saturated heterocycles. The maximum absolute atomic E-state index is 10.5. The van der Waals surface area contributed by atoms with Crippen LogP contribution in [0.3, 0.4) is 0 Å². The predicted octanol–water partition coefficient (Wildman–Crippen LogP) is 2.01. The van der Waals surface area contributed by atoms with Gasteiger partial charge in [-0.1, -0.05) is 30.3 Å². The largest absolute Gasteiger partial charge is 0.370 e. The molecule has 0 aliphatic rings. The van der Waals surface area contributed by atoms with Gasteiger partial charge in [-0.3, -0.25) is 4.79 Å². The van der Waals surface area contributed by atoms with Crippen LogP contribution in [0, 0.1) is 0 Å². The quantitative estimate of drug-likeness (QED) is 0.731. The molecule has 3 N–H and O–H groups in total. The normalized spacial score (nSPS) is 10.6. The van der Waals surface area contributed by atoms with Gasteiger partial charge in [0.2, 0.25) is 5.91 Å². The number of carbonyl (C=O) groups excluding carboxylic acids is 1. The molecule has 106 valence electrons. The molecule has 2 rings (SSSR count). The number of thiophene rings is 1. The Kier molecular flexibility index (Phi) is 5.73. The highest BCUT2D eigenvalue weighted by Crippen LogP contribution is 2.25. The molecule has 0 bridgehead atoms. The first kappa shape index (κ1) is 14.7. The van der Waals surface area contributed by atoms with Crippen LogP contribution in [0.4, 0.5) is 0 Å². The van der Waals surface area contributed by atoms with Crippen molar-refractivity contribution in [2.45, 2.75) is 6.54 Å². The maximum atomic E-state index is 10.5. The predicted molar refractivity (Wildman–Crippen MR) is 81.5 cm³/mol. The molecule has 1 heterocycles. The summed E-state index contributed by atoms with van der Waals surface area (Å²) < 4.78 is 5.07.